The summed E-state index contributed by atoms with van der Waals surface area (Å²) in [5, 5.41) is 28.7. The van der Waals surface area contributed by atoms with E-state index >= 15 is 0 Å². The largest absolute Gasteiger partial charge is 0.490 e. The Balaban J connectivity index is 0.972. The fourth-order valence-electron chi connectivity index (χ4n) is 8.25. The second-order valence-corrected chi connectivity index (χ2v) is 16.5. The number of fused-ring (bicyclic) bond motifs is 4. The molecule has 0 saturated heterocycles. The van der Waals surface area contributed by atoms with E-state index in [0.29, 0.717) is 51.0 Å². The van der Waals surface area contributed by atoms with E-state index in [1.54, 1.807) is 60.7 Å². The maximum Gasteiger partial charge on any atom is 0.342 e. The lowest BCUT2D eigenvalue weighted by Crippen LogP contribution is -2.26. The second kappa shape index (κ2) is 24.0. The van der Waals surface area contributed by atoms with Crippen LogP contribution in [0.3, 0.4) is 0 Å². The smallest absolute Gasteiger partial charge is 0.342 e. The molecule has 0 fully saturated rings. The number of hydrogen-bond donors (Lipinski definition) is 2. The molecule has 2 atom stereocenters. The van der Waals surface area contributed by atoms with E-state index in [1.165, 1.54) is 0 Å². The molecular formula is C61H48O12. The summed E-state index contributed by atoms with van der Waals surface area (Å²) in [7, 11) is 0. The minimum atomic E-state index is -1.23. The quantitative estimate of drug-likeness (QED) is 0.0493. The van der Waals surface area contributed by atoms with Gasteiger partial charge in [0.15, 0.2) is 0 Å². The van der Waals surface area contributed by atoms with Crippen LogP contribution in [0.1, 0.15) is 31.8 Å². The molecule has 0 saturated carbocycles. The van der Waals surface area contributed by atoms with Gasteiger partial charge < -0.3 is 48.1 Å². The van der Waals surface area contributed by atoms with E-state index in [0.717, 1.165) is 32.7 Å². The molecule has 2 unspecified atom stereocenters. The molecule has 8 aromatic rings. The highest BCUT2D eigenvalue weighted by Crippen LogP contribution is 2.38. The van der Waals surface area contributed by atoms with E-state index < -0.39 is 37.4 Å². The van der Waals surface area contributed by atoms with E-state index in [-0.39, 0.29) is 62.3 Å². The Bertz CT molecular complexity index is 3270. The Labute approximate surface area is 422 Å². The lowest BCUT2D eigenvalue weighted by Gasteiger charge is -2.20. The highest BCUT2D eigenvalue weighted by atomic mass is 16.6. The topological polar surface area (TPSA) is 148 Å². The summed E-state index contributed by atoms with van der Waals surface area (Å²) in [5.41, 5.74) is 1.80. The fourth-order valence-corrected chi connectivity index (χ4v) is 8.25. The van der Waals surface area contributed by atoms with Crippen molar-refractivity contribution in [2.45, 2.75) is 18.6 Å². The zero-order valence-electron chi connectivity index (χ0n) is 39.5. The van der Waals surface area contributed by atoms with Crippen molar-refractivity contribution in [1.82, 2.24) is 0 Å². The van der Waals surface area contributed by atoms with Gasteiger partial charge in [0.05, 0.1) is 0 Å². The van der Waals surface area contributed by atoms with E-state index in [1.807, 2.05) is 72.8 Å². The standard InChI is InChI=1S/C61H48O12/c1-5-27-66-54-21-13-17-42-31-52(58(34-48(42)54)68-29-7-3)60(64)72-38-44(62)36-70-56-25-23-40-15-9-11-19-46(40)50(56)33-51-47-20-12-10-16-41(47)24-26-57(51)71-37-45(63)39-73-61(65)53-32-43-18-14-22-55(67-28-6-2)49(43)35-59(53)69-30-8-4/h1-4,9-26,31-32,34-35,44-45,62-63H,27-30,33,36-39H2. The van der Waals surface area contributed by atoms with Crippen molar-refractivity contribution in [3.8, 4) is 83.9 Å². The third-order valence-corrected chi connectivity index (χ3v) is 11.6. The molecule has 12 heteroatoms. The molecule has 8 aromatic carbocycles. The van der Waals surface area contributed by atoms with Gasteiger partial charge in [-0.1, -0.05) is 109 Å². The number of carbonyl (C=O) groups is 2. The van der Waals surface area contributed by atoms with Gasteiger partial charge in [-0.2, -0.15) is 0 Å². The molecule has 12 nitrogen and oxygen atoms in total. The van der Waals surface area contributed by atoms with Gasteiger partial charge in [-0.25, -0.2) is 9.59 Å². The molecule has 0 aliphatic carbocycles. The monoisotopic (exact) mass is 972 g/mol. The van der Waals surface area contributed by atoms with E-state index in [4.69, 9.17) is 63.6 Å². The third-order valence-electron chi connectivity index (χ3n) is 11.6. The molecule has 364 valence electrons. The average Bonchev–Trinajstić information content (AvgIpc) is 3.42. The number of esters is 2. The van der Waals surface area contributed by atoms with Crippen molar-refractivity contribution in [3.63, 3.8) is 0 Å². The molecule has 0 aliphatic rings. The van der Waals surface area contributed by atoms with Crippen LogP contribution in [0.25, 0.3) is 43.1 Å². The molecule has 0 radical (unpaired) electrons. The number of rotatable bonds is 22. The maximum atomic E-state index is 13.6. The van der Waals surface area contributed by atoms with Crippen LogP contribution in [-0.4, -0.2) is 87.2 Å². The number of aliphatic hydroxyl groups is 2. The summed E-state index contributed by atoms with van der Waals surface area (Å²) in [6.45, 7) is -1.37. The molecule has 0 bridgehead atoms. The van der Waals surface area contributed by atoms with Crippen molar-refractivity contribution < 1.29 is 57.7 Å². The van der Waals surface area contributed by atoms with Crippen LogP contribution in [0.2, 0.25) is 0 Å². The van der Waals surface area contributed by atoms with Crippen LogP contribution < -0.4 is 28.4 Å². The first-order valence-electron chi connectivity index (χ1n) is 23.0. The molecule has 2 N–H and O–H groups in total. The minimum Gasteiger partial charge on any atom is -0.490 e. The number of aliphatic hydroxyl groups excluding tert-OH is 2. The van der Waals surface area contributed by atoms with Crippen molar-refractivity contribution in [2.75, 3.05) is 52.9 Å². The molecule has 8 rings (SSSR count). The van der Waals surface area contributed by atoms with Gasteiger partial charge in [0.25, 0.3) is 0 Å². The number of benzene rings is 8. The van der Waals surface area contributed by atoms with Crippen LogP contribution in [0.5, 0.6) is 34.5 Å². The van der Waals surface area contributed by atoms with Gasteiger partial charge in [0.2, 0.25) is 0 Å². The van der Waals surface area contributed by atoms with Crippen molar-refractivity contribution in [1.29, 1.82) is 0 Å². The number of terminal acetylenes is 4. The fraction of sp³-hybridized carbons (Fsp3) is 0.180. The zero-order chi connectivity index (χ0) is 51.1. The SMILES string of the molecule is C#CCOc1cc2c(OCC#C)cccc2cc1C(=O)OCC(O)COc1ccc2ccccc2c1Cc1c(OCC(O)COC(=O)c2cc3cccc(OCC#C)c3cc2OCC#C)ccc2ccccc12. The Morgan fingerprint density at radius 3 is 1.19 bits per heavy atom. The second-order valence-electron chi connectivity index (χ2n) is 16.5. The summed E-state index contributed by atoms with van der Waals surface area (Å²) < 4.78 is 46.8. The average molecular weight is 973 g/mol. The molecule has 0 spiro atoms. The van der Waals surface area contributed by atoms with E-state index in [9.17, 15) is 19.8 Å². The summed E-state index contributed by atoms with van der Waals surface area (Å²) >= 11 is 0. The maximum absolute atomic E-state index is 13.6. The van der Waals surface area contributed by atoms with Crippen molar-refractivity contribution in [2.24, 2.45) is 0 Å². The van der Waals surface area contributed by atoms with Gasteiger partial charge in [-0.3, -0.25) is 0 Å². The molecule has 0 aliphatic heterocycles. The van der Waals surface area contributed by atoms with Crippen LogP contribution >= 0.6 is 0 Å². The number of ether oxygens (including phenoxy) is 8. The van der Waals surface area contributed by atoms with Crippen LogP contribution in [0.4, 0.5) is 0 Å². The summed E-state index contributed by atoms with van der Waals surface area (Å²) in [4.78, 5) is 27.1. The van der Waals surface area contributed by atoms with Crippen molar-refractivity contribution in [3.05, 3.63) is 156 Å². The lowest BCUT2D eigenvalue weighted by molar-refractivity contribution is 0.0125. The highest BCUT2D eigenvalue weighted by Gasteiger charge is 2.23. The van der Waals surface area contributed by atoms with Crippen LogP contribution in [-0.2, 0) is 15.9 Å². The van der Waals surface area contributed by atoms with Gasteiger partial charge in [-0.15, -0.1) is 25.7 Å². The van der Waals surface area contributed by atoms with Gasteiger partial charge >= 0.3 is 11.9 Å². The first-order valence-corrected chi connectivity index (χ1v) is 23.0. The highest BCUT2D eigenvalue weighted by molar-refractivity contribution is 6.01. The van der Waals surface area contributed by atoms with Gasteiger partial charge in [0, 0.05) is 28.3 Å². The molecular weight excluding hydrogens is 925 g/mol. The van der Waals surface area contributed by atoms with Gasteiger partial charge in [-0.05, 0) is 80.8 Å². The Kier molecular flexibility index (Phi) is 16.5. The first kappa shape index (κ1) is 50.1. The number of carbonyl (C=O) groups excluding carboxylic acids is 2. The molecule has 0 heterocycles. The summed E-state index contributed by atoms with van der Waals surface area (Å²) in [6, 6.07) is 40.3. The predicted molar refractivity (Wildman–Crippen MR) is 279 cm³/mol. The van der Waals surface area contributed by atoms with E-state index in [2.05, 4.69) is 23.7 Å². The third kappa shape index (κ3) is 12.0. The minimum absolute atomic E-state index is 0.0477. The summed E-state index contributed by atoms with van der Waals surface area (Å²) in [6.07, 6.45) is 19.6. The Hall–Kier alpha value is -9.30. The molecule has 73 heavy (non-hydrogen) atoms. The predicted octanol–water partition coefficient (Wildman–Crippen LogP) is 9.13. The Morgan fingerprint density at radius 1 is 0.397 bits per heavy atom. The van der Waals surface area contributed by atoms with Crippen LogP contribution in [0, 0.1) is 49.4 Å². The Morgan fingerprint density at radius 2 is 0.781 bits per heavy atom. The molecule has 0 amide bonds. The summed E-state index contributed by atoms with van der Waals surface area (Å²) in [5.74, 6) is 10.5. The molecule has 0 aromatic heterocycles. The first-order chi connectivity index (χ1) is 35.7. The number of hydrogen-bond acceptors (Lipinski definition) is 12. The van der Waals surface area contributed by atoms with Crippen LogP contribution in [0.15, 0.2) is 133 Å². The zero-order valence-corrected chi connectivity index (χ0v) is 39.5. The lowest BCUT2D eigenvalue weighted by atomic mass is 9.93. The normalized spacial score (nSPS) is 11.6. The van der Waals surface area contributed by atoms with Crippen molar-refractivity contribution >= 4 is 55.0 Å². The van der Waals surface area contributed by atoms with Gasteiger partial charge in [0.1, 0.15) is 111 Å².